The molecule has 0 saturated heterocycles. The lowest BCUT2D eigenvalue weighted by molar-refractivity contribution is -0.258. The van der Waals surface area contributed by atoms with Gasteiger partial charge < -0.3 is 0 Å². The quantitative estimate of drug-likeness (QED) is 0.0992. The van der Waals surface area contributed by atoms with Crippen molar-refractivity contribution in [2.24, 2.45) is 0 Å². The molecule has 1 fully saturated rings. The predicted molar refractivity (Wildman–Crippen MR) is 217 cm³/mol. The summed E-state index contributed by atoms with van der Waals surface area (Å²) in [6.45, 7) is 5.40. The number of alkyl halides is 6. The van der Waals surface area contributed by atoms with E-state index in [-0.39, 0.29) is 11.1 Å². The van der Waals surface area contributed by atoms with Crippen LogP contribution in [0.4, 0.5) is 26.3 Å². The van der Waals surface area contributed by atoms with Crippen molar-refractivity contribution in [3.8, 4) is 10.4 Å². The van der Waals surface area contributed by atoms with Crippen LogP contribution < -0.4 is 0 Å². The van der Waals surface area contributed by atoms with Crippen molar-refractivity contribution < 1.29 is 26.3 Å². The van der Waals surface area contributed by atoms with E-state index < -0.39 is 38.4 Å². The van der Waals surface area contributed by atoms with Crippen LogP contribution in [-0.2, 0) is 0 Å². The Morgan fingerprint density at radius 3 is 1.54 bits per heavy atom. The first-order valence-corrected chi connectivity index (χ1v) is 20.7. The molecule has 1 saturated carbocycles. The van der Waals surface area contributed by atoms with Crippen molar-refractivity contribution in [1.82, 2.24) is 0 Å². The number of benzene rings is 5. The van der Waals surface area contributed by atoms with Gasteiger partial charge in [-0.2, -0.15) is 26.3 Å². The molecule has 54 heavy (non-hydrogen) atoms. The lowest BCUT2D eigenvalue weighted by Crippen LogP contribution is -2.48. The van der Waals surface area contributed by atoms with Gasteiger partial charge in [-0.1, -0.05) is 66.7 Å². The van der Waals surface area contributed by atoms with Crippen LogP contribution in [0.1, 0.15) is 28.5 Å². The Morgan fingerprint density at radius 1 is 0.481 bits per heavy atom. The largest absolute Gasteiger partial charge is 0.380 e. The maximum Gasteiger partial charge on any atom is 0.380 e. The molecule has 5 aromatic carbocycles. The zero-order valence-corrected chi connectivity index (χ0v) is 32.0. The van der Waals surface area contributed by atoms with E-state index >= 15 is 26.3 Å². The lowest BCUT2D eigenvalue weighted by atomic mass is 9.71. The topological polar surface area (TPSA) is 0 Å². The van der Waals surface area contributed by atoms with Crippen LogP contribution in [0.3, 0.4) is 0 Å². The van der Waals surface area contributed by atoms with Crippen LogP contribution in [0.2, 0.25) is 0 Å². The smallest absolute Gasteiger partial charge is 0.194 e. The molecule has 2 aliphatic heterocycles. The Labute approximate surface area is 322 Å². The van der Waals surface area contributed by atoms with Crippen LogP contribution >= 0.6 is 46.2 Å². The van der Waals surface area contributed by atoms with Crippen LogP contribution in [0, 0.1) is 6.92 Å². The van der Waals surface area contributed by atoms with Gasteiger partial charge in [0.2, 0.25) is 0 Å². The molecular formula is C44H26F6S4. The summed E-state index contributed by atoms with van der Waals surface area (Å²) in [5.41, 5.74) is -1.74. The second-order valence-electron chi connectivity index (χ2n) is 14.8. The molecule has 0 amide bonds. The molecule has 11 rings (SSSR count). The minimum absolute atomic E-state index is 0.147. The molecule has 2 unspecified atom stereocenters. The zero-order valence-electron chi connectivity index (χ0n) is 28.7. The first-order chi connectivity index (χ1) is 25.7. The Balaban J connectivity index is 1.08. The van der Waals surface area contributed by atoms with E-state index in [2.05, 4.69) is 66.7 Å². The molecule has 2 atom stereocenters. The van der Waals surface area contributed by atoms with E-state index in [1.165, 1.54) is 79.9 Å². The fourth-order valence-electron chi connectivity index (χ4n) is 9.19. The monoisotopic (exact) mass is 796 g/mol. The van der Waals surface area contributed by atoms with E-state index in [1.807, 2.05) is 31.2 Å². The Kier molecular flexibility index (Phi) is 6.46. The zero-order chi connectivity index (χ0) is 37.3. The van der Waals surface area contributed by atoms with E-state index in [0.29, 0.717) is 9.81 Å². The minimum atomic E-state index is -5.59. The van der Waals surface area contributed by atoms with E-state index in [4.69, 9.17) is 0 Å². The average Bonchev–Trinajstić information content (AvgIpc) is 3.96. The standard InChI is InChI=1S/C44H26F6S4/c1-21-13-16-32(51-21)34-19-29-38-39(43(47,48)44(49,50)42(38,45)46)30-20-35(54-41(30,3)40(29,2)53-34)33-18-17-31(52-33)23-14-15-28-26-10-5-8-22-7-4-9-25(36(22)26)27-12-6-11-24(23)37(27)28/h4-20H,1-3H3. The number of allylic oxidation sites excluding steroid dienone is 4. The Morgan fingerprint density at radius 2 is 0.963 bits per heavy atom. The summed E-state index contributed by atoms with van der Waals surface area (Å²) in [6.07, 6.45) is 2.93. The van der Waals surface area contributed by atoms with Gasteiger partial charge in [-0.15, -0.1) is 46.2 Å². The lowest BCUT2D eigenvalue weighted by Gasteiger charge is -2.47. The third-order valence-electron chi connectivity index (χ3n) is 11.9. The highest BCUT2D eigenvalue weighted by Crippen LogP contribution is 2.75. The molecule has 0 nitrogen and oxygen atoms in total. The molecule has 0 bridgehead atoms. The van der Waals surface area contributed by atoms with Crippen molar-refractivity contribution in [3.63, 3.8) is 0 Å². The number of hydrogen-bond acceptors (Lipinski definition) is 4. The van der Waals surface area contributed by atoms with Gasteiger partial charge >= 0.3 is 17.8 Å². The second kappa shape index (κ2) is 10.5. The molecular weight excluding hydrogens is 771 g/mol. The van der Waals surface area contributed by atoms with Crippen molar-refractivity contribution >= 4 is 99.1 Å². The van der Waals surface area contributed by atoms with E-state index in [9.17, 15) is 0 Å². The molecule has 0 radical (unpaired) electrons. The highest BCUT2D eigenvalue weighted by atomic mass is 32.2. The summed E-state index contributed by atoms with van der Waals surface area (Å²) in [6, 6.07) is 31.0. The van der Waals surface area contributed by atoms with Crippen molar-refractivity contribution in [2.75, 3.05) is 0 Å². The van der Waals surface area contributed by atoms with E-state index in [0.717, 1.165) is 46.6 Å². The van der Waals surface area contributed by atoms with Gasteiger partial charge in [-0.3, -0.25) is 0 Å². The molecule has 4 aliphatic rings. The Bertz CT molecular complexity index is 2930. The summed E-state index contributed by atoms with van der Waals surface area (Å²) in [7, 11) is 0. The third-order valence-corrected chi connectivity index (χ3v) is 17.7. The molecule has 2 aromatic heterocycles. The predicted octanol–water partition coefficient (Wildman–Crippen LogP) is 14.8. The molecule has 4 heterocycles. The van der Waals surface area contributed by atoms with Crippen molar-refractivity contribution in [3.05, 3.63) is 140 Å². The first kappa shape index (κ1) is 33.4. The number of thiophene rings is 2. The van der Waals surface area contributed by atoms with Gasteiger partial charge in [0.1, 0.15) is 0 Å². The summed E-state index contributed by atoms with van der Waals surface area (Å²) < 4.78 is 91.8. The Hall–Kier alpha value is -3.96. The number of fused-ring (bicyclic) bond motifs is 6. The van der Waals surface area contributed by atoms with Crippen LogP contribution in [0.25, 0.3) is 63.3 Å². The van der Waals surface area contributed by atoms with Crippen LogP contribution in [-0.4, -0.2) is 27.3 Å². The molecule has 2 aliphatic carbocycles. The average molecular weight is 797 g/mol. The number of rotatable bonds is 3. The molecule has 268 valence electrons. The maximum absolute atomic E-state index is 16.0. The molecule has 0 N–H and O–H groups in total. The molecule has 0 spiro atoms. The summed E-state index contributed by atoms with van der Waals surface area (Å²) in [5.74, 6) is -15.7. The molecule has 7 aromatic rings. The van der Waals surface area contributed by atoms with Gasteiger partial charge in [-0.25, -0.2) is 0 Å². The number of aryl methyl sites for hydroxylation is 1. The van der Waals surface area contributed by atoms with Crippen molar-refractivity contribution in [1.29, 1.82) is 0 Å². The van der Waals surface area contributed by atoms with Gasteiger partial charge in [0.25, 0.3) is 0 Å². The van der Waals surface area contributed by atoms with Gasteiger partial charge in [0.05, 0.1) is 9.49 Å². The second-order valence-corrected chi connectivity index (χ2v) is 20.1. The fourth-order valence-corrected chi connectivity index (χ4v) is 14.4. The first-order valence-electron chi connectivity index (χ1n) is 17.4. The fraction of sp³-hybridized carbons (Fsp3) is 0.182. The number of thioether (sulfide) groups is 2. The summed E-state index contributed by atoms with van der Waals surface area (Å²) >= 11 is 5.53. The summed E-state index contributed by atoms with van der Waals surface area (Å²) in [5, 5.41) is 9.32. The number of hydrogen-bond donors (Lipinski definition) is 0. The van der Waals surface area contributed by atoms with Gasteiger partial charge in [0, 0.05) is 40.5 Å². The maximum atomic E-state index is 16.0. The van der Waals surface area contributed by atoms with Gasteiger partial charge in [-0.05, 0) is 117 Å². The minimum Gasteiger partial charge on any atom is -0.194 e. The van der Waals surface area contributed by atoms with Gasteiger partial charge in [0.15, 0.2) is 0 Å². The normalized spacial score (nSPS) is 25.3. The highest BCUT2D eigenvalue weighted by molar-refractivity contribution is 8.14. The van der Waals surface area contributed by atoms with Crippen molar-refractivity contribution in [2.45, 2.75) is 48.0 Å². The SMILES string of the molecule is Cc1ccc(C2=CC3=C4C(=C5C=C(c6ccc(-c7ccc8c9cccc%10cccc(c%11cccc7c%118)c%109)s6)SC5(C)C3(C)S2)C(F)(F)C(F)(F)C4(F)F)s1. The van der Waals surface area contributed by atoms with E-state index in [1.54, 1.807) is 13.8 Å². The third kappa shape index (κ3) is 3.86. The highest BCUT2D eigenvalue weighted by Gasteiger charge is 2.84. The van der Waals surface area contributed by atoms with Crippen LogP contribution in [0.15, 0.2) is 125 Å². The molecule has 10 heteroatoms. The van der Waals surface area contributed by atoms with Crippen LogP contribution in [0.5, 0.6) is 0 Å². The number of halogens is 6. The summed E-state index contributed by atoms with van der Waals surface area (Å²) in [4.78, 5) is 4.69.